The van der Waals surface area contributed by atoms with Gasteiger partial charge in [0.2, 0.25) is 5.88 Å². The topological polar surface area (TPSA) is 72.9 Å². The van der Waals surface area contributed by atoms with Gasteiger partial charge in [-0.15, -0.1) is 0 Å². The van der Waals surface area contributed by atoms with Crippen molar-refractivity contribution in [1.82, 2.24) is 15.2 Å². The summed E-state index contributed by atoms with van der Waals surface area (Å²) in [6.07, 6.45) is -1.21. The highest BCUT2D eigenvalue weighted by Gasteiger charge is 2.28. The fraction of sp³-hybridized carbons (Fsp3) is 0.478. The van der Waals surface area contributed by atoms with Gasteiger partial charge in [-0.05, 0) is 43.7 Å². The van der Waals surface area contributed by atoms with E-state index in [0.717, 1.165) is 43.9 Å². The zero-order valence-corrected chi connectivity index (χ0v) is 18.4. The maximum absolute atomic E-state index is 12.3. The Hall–Kier alpha value is -2.85. The van der Waals surface area contributed by atoms with Crippen LogP contribution in [0.3, 0.4) is 0 Å². The van der Waals surface area contributed by atoms with Crippen molar-refractivity contribution < 1.29 is 32.2 Å². The molecule has 0 aliphatic carbocycles. The number of hydrogen-bond donors (Lipinski definition) is 1. The van der Waals surface area contributed by atoms with E-state index in [4.69, 9.17) is 9.47 Å². The Bertz CT molecular complexity index is 887. The molecule has 3 rings (SSSR count). The fourth-order valence-corrected chi connectivity index (χ4v) is 3.40. The lowest BCUT2D eigenvalue weighted by atomic mass is 10.1. The largest absolute Gasteiger partial charge is 0.492 e. The van der Waals surface area contributed by atoms with Gasteiger partial charge in [-0.1, -0.05) is 12.1 Å². The molecule has 1 aromatic carbocycles. The predicted octanol–water partition coefficient (Wildman–Crippen LogP) is 3.44. The summed E-state index contributed by atoms with van der Waals surface area (Å²) >= 11 is 0. The molecule has 0 atom stereocenters. The molecule has 1 aliphatic rings. The van der Waals surface area contributed by atoms with Crippen LogP contribution in [-0.4, -0.2) is 68.0 Å². The van der Waals surface area contributed by atoms with E-state index in [1.54, 1.807) is 0 Å². The summed E-state index contributed by atoms with van der Waals surface area (Å²) in [5.41, 5.74) is 1.08. The van der Waals surface area contributed by atoms with Crippen molar-refractivity contribution in [2.45, 2.75) is 31.6 Å². The maximum Gasteiger partial charge on any atom is 0.422 e. The van der Waals surface area contributed by atoms with E-state index >= 15 is 0 Å². The summed E-state index contributed by atoms with van der Waals surface area (Å²) in [6, 6.07) is 10.6. The van der Waals surface area contributed by atoms with E-state index in [0.29, 0.717) is 12.6 Å². The number of amides is 1. The zero-order chi connectivity index (χ0) is 23.7. The summed E-state index contributed by atoms with van der Waals surface area (Å²) < 4.78 is 52.4. The molecule has 33 heavy (non-hydrogen) atoms. The van der Waals surface area contributed by atoms with Crippen LogP contribution in [0.15, 0.2) is 42.6 Å². The number of likely N-dealkylation sites (N-methyl/N-ethyl adjacent to an activating group) is 1. The molecule has 10 heteroatoms. The Balaban J connectivity index is 1.42. The zero-order valence-electron chi connectivity index (χ0n) is 18.4. The predicted molar refractivity (Wildman–Crippen MR) is 115 cm³/mol. The van der Waals surface area contributed by atoms with Crippen LogP contribution >= 0.6 is 0 Å². The highest BCUT2D eigenvalue weighted by atomic mass is 19.4. The van der Waals surface area contributed by atoms with Crippen molar-refractivity contribution in [2.24, 2.45) is 0 Å². The normalized spacial score (nSPS) is 14.8. The molecule has 0 unspecified atom stereocenters. The monoisotopic (exact) mass is 467 g/mol. The molecule has 0 spiro atoms. The van der Waals surface area contributed by atoms with Crippen LogP contribution in [-0.2, 0) is 11.3 Å². The molecule has 2 aromatic rings. The molecular formula is C23H28F3N3O4. The lowest BCUT2D eigenvalue weighted by molar-refractivity contribution is -0.154. The van der Waals surface area contributed by atoms with Crippen molar-refractivity contribution >= 4 is 5.91 Å². The summed E-state index contributed by atoms with van der Waals surface area (Å²) in [4.78, 5) is 18.3. The number of carbonyl (C=O) groups is 1. The standard InChI is InChI=1S/C23H28F3N3O4/c1-29(19-7-10-31-11-8-19)9-12-32-20-4-2-3-17(13-20)14-28-22(30)18-5-6-21(27-15-18)33-16-23(24,25)26/h2-6,13,15,19H,7-12,14,16H2,1H3,(H,28,30). The van der Waals surface area contributed by atoms with Crippen molar-refractivity contribution in [3.05, 3.63) is 53.7 Å². The van der Waals surface area contributed by atoms with Gasteiger partial charge in [-0.25, -0.2) is 4.98 Å². The third kappa shape index (κ3) is 8.54. The number of carbonyl (C=O) groups excluding carboxylic acids is 1. The van der Waals surface area contributed by atoms with Crippen LogP contribution in [0.4, 0.5) is 13.2 Å². The number of halogens is 3. The van der Waals surface area contributed by atoms with Crippen molar-refractivity contribution in [3.8, 4) is 11.6 Å². The Morgan fingerprint density at radius 3 is 2.70 bits per heavy atom. The molecular weight excluding hydrogens is 439 g/mol. The maximum atomic E-state index is 12.3. The first-order valence-electron chi connectivity index (χ1n) is 10.7. The van der Waals surface area contributed by atoms with Crippen LogP contribution in [0.1, 0.15) is 28.8 Å². The van der Waals surface area contributed by atoms with Gasteiger partial charge < -0.3 is 19.5 Å². The van der Waals surface area contributed by atoms with Gasteiger partial charge in [0.05, 0.1) is 5.56 Å². The van der Waals surface area contributed by atoms with E-state index in [-0.39, 0.29) is 18.0 Å². The van der Waals surface area contributed by atoms with Crippen molar-refractivity contribution in [1.29, 1.82) is 0 Å². The molecule has 1 fully saturated rings. The molecule has 1 N–H and O–H groups in total. The Labute approximate surface area is 190 Å². The number of aromatic nitrogens is 1. The van der Waals surface area contributed by atoms with Crippen LogP contribution in [0.25, 0.3) is 0 Å². The van der Waals surface area contributed by atoms with E-state index in [2.05, 4.69) is 27.0 Å². The first-order chi connectivity index (χ1) is 15.8. The minimum Gasteiger partial charge on any atom is -0.492 e. The lowest BCUT2D eigenvalue weighted by Gasteiger charge is -2.31. The summed E-state index contributed by atoms with van der Waals surface area (Å²) in [5.74, 6) is 0.125. The number of nitrogens with one attached hydrogen (secondary N) is 1. The summed E-state index contributed by atoms with van der Waals surface area (Å²) in [6.45, 7) is 1.80. The highest BCUT2D eigenvalue weighted by Crippen LogP contribution is 2.18. The second kappa shape index (κ2) is 11.9. The smallest absolute Gasteiger partial charge is 0.422 e. The quantitative estimate of drug-likeness (QED) is 0.577. The fourth-order valence-electron chi connectivity index (χ4n) is 3.40. The molecule has 1 amide bonds. The minimum absolute atomic E-state index is 0.198. The number of ether oxygens (including phenoxy) is 3. The molecule has 180 valence electrons. The summed E-state index contributed by atoms with van der Waals surface area (Å²) in [7, 11) is 2.09. The van der Waals surface area contributed by atoms with E-state index in [9.17, 15) is 18.0 Å². The SMILES string of the molecule is CN(CCOc1cccc(CNC(=O)c2ccc(OCC(F)(F)F)nc2)c1)C1CCOCC1. The van der Waals surface area contributed by atoms with Gasteiger partial charge in [0, 0.05) is 44.6 Å². The first kappa shape index (κ1) is 24.8. The van der Waals surface area contributed by atoms with Gasteiger partial charge in [-0.3, -0.25) is 9.69 Å². The van der Waals surface area contributed by atoms with Crippen molar-refractivity contribution in [3.63, 3.8) is 0 Å². The van der Waals surface area contributed by atoms with Crippen molar-refractivity contribution in [2.75, 3.05) is 40.0 Å². The van der Waals surface area contributed by atoms with Crippen LogP contribution in [0.2, 0.25) is 0 Å². The molecule has 2 heterocycles. The second-order valence-electron chi connectivity index (χ2n) is 7.79. The lowest BCUT2D eigenvalue weighted by Crippen LogP contribution is -2.38. The van der Waals surface area contributed by atoms with E-state index in [1.165, 1.54) is 18.3 Å². The third-order valence-electron chi connectivity index (χ3n) is 5.26. The Morgan fingerprint density at radius 1 is 1.21 bits per heavy atom. The molecule has 1 aliphatic heterocycles. The van der Waals surface area contributed by atoms with Gasteiger partial charge in [-0.2, -0.15) is 13.2 Å². The average molecular weight is 467 g/mol. The van der Waals surface area contributed by atoms with E-state index < -0.39 is 18.7 Å². The average Bonchev–Trinajstić information content (AvgIpc) is 2.82. The Morgan fingerprint density at radius 2 is 2.00 bits per heavy atom. The van der Waals surface area contributed by atoms with Gasteiger partial charge in [0.1, 0.15) is 12.4 Å². The third-order valence-corrected chi connectivity index (χ3v) is 5.26. The number of alkyl halides is 3. The molecule has 0 radical (unpaired) electrons. The Kier molecular flexibility index (Phi) is 8.90. The number of benzene rings is 1. The van der Waals surface area contributed by atoms with Crippen LogP contribution in [0.5, 0.6) is 11.6 Å². The van der Waals surface area contributed by atoms with Gasteiger partial charge in [0.25, 0.3) is 5.91 Å². The number of pyridine rings is 1. The van der Waals surface area contributed by atoms with Gasteiger partial charge in [0.15, 0.2) is 6.61 Å². The molecule has 0 saturated carbocycles. The van der Waals surface area contributed by atoms with Crippen LogP contribution < -0.4 is 14.8 Å². The molecule has 0 bridgehead atoms. The number of nitrogens with zero attached hydrogens (tertiary/aromatic N) is 2. The molecule has 1 saturated heterocycles. The highest BCUT2D eigenvalue weighted by molar-refractivity contribution is 5.93. The molecule has 7 nitrogen and oxygen atoms in total. The second-order valence-corrected chi connectivity index (χ2v) is 7.79. The summed E-state index contributed by atoms with van der Waals surface area (Å²) in [5, 5.41) is 2.76. The first-order valence-corrected chi connectivity index (χ1v) is 10.7. The van der Waals surface area contributed by atoms with E-state index in [1.807, 2.05) is 24.3 Å². The minimum atomic E-state index is -4.45. The van der Waals surface area contributed by atoms with Crippen LogP contribution in [0, 0.1) is 0 Å². The number of hydrogen-bond acceptors (Lipinski definition) is 6. The van der Waals surface area contributed by atoms with Gasteiger partial charge >= 0.3 is 6.18 Å². The molecule has 1 aromatic heterocycles. The number of rotatable bonds is 10.